The number of hydrogen-bond acceptors (Lipinski definition) is 2. The second-order valence-electron chi connectivity index (χ2n) is 5.76. The molecule has 0 aliphatic carbocycles. The number of amides is 2. The van der Waals surface area contributed by atoms with Crippen LogP contribution in [-0.4, -0.2) is 27.0 Å². The molecule has 0 radical (unpaired) electrons. The molecule has 5 nitrogen and oxygen atoms in total. The fourth-order valence-electron chi connectivity index (χ4n) is 2.97. The van der Waals surface area contributed by atoms with Crippen LogP contribution in [0.25, 0.3) is 0 Å². The van der Waals surface area contributed by atoms with Gasteiger partial charge in [-0.3, -0.25) is 0 Å². The van der Waals surface area contributed by atoms with Gasteiger partial charge in [-0.15, -0.1) is 0 Å². The van der Waals surface area contributed by atoms with Crippen LogP contribution in [0.1, 0.15) is 30.3 Å². The van der Waals surface area contributed by atoms with Crippen molar-refractivity contribution >= 4 is 11.7 Å². The molecule has 0 saturated carbocycles. The molecule has 8 heteroatoms. The predicted molar refractivity (Wildman–Crippen MR) is 82.4 cm³/mol. The first-order valence-electron chi connectivity index (χ1n) is 7.58. The zero-order valence-electron chi connectivity index (χ0n) is 13.0. The van der Waals surface area contributed by atoms with E-state index in [-0.39, 0.29) is 17.8 Å². The molecular formula is C16H17F3N4O. The maximum absolute atomic E-state index is 12.5. The van der Waals surface area contributed by atoms with Gasteiger partial charge in [0.05, 0.1) is 17.9 Å². The maximum atomic E-state index is 12.5. The topological polar surface area (TPSA) is 50.2 Å². The number of nitrogens with one attached hydrogen (secondary N) is 1. The van der Waals surface area contributed by atoms with Gasteiger partial charge in [0.2, 0.25) is 0 Å². The Morgan fingerprint density at radius 2 is 2.12 bits per heavy atom. The third-order valence-corrected chi connectivity index (χ3v) is 4.14. The van der Waals surface area contributed by atoms with Crippen molar-refractivity contribution < 1.29 is 18.0 Å². The molecule has 1 unspecified atom stereocenters. The van der Waals surface area contributed by atoms with E-state index in [1.54, 1.807) is 4.90 Å². The summed E-state index contributed by atoms with van der Waals surface area (Å²) in [5.74, 6) is 0. The van der Waals surface area contributed by atoms with Crippen molar-refractivity contribution in [3.05, 3.63) is 48.0 Å². The number of nitrogens with zero attached hydrogens (tertiary/aromatic N) is 3. The molecule has 3 rings (SSSR count). The lowest BCUT2D eigenvalue weighted by molar-refractivity contribution is -0.141. The van der Waals surface area contributed by atoms with Gasteiger partial charge in [0.25, 0.3) is 0 Å². The van der Waals surface area contributed by atoms with Crippen LogP contribution in [0, 0.1) is 0 Å². The summed E-state index contributed by atoms with van der Waals surface area (Å²) in [4.78, 5) is 17.5. The Hall–Kier alpha value is -2.51. The second-order valence-corrected chi connectivity index (χ2v) is 5.76. The maximum Gasteiger partial charge on any atom is 0.433 e. The number of aromatic nitrogens is 2. The standard InChI is InChI=1S/C16H17F3N4O/c1-22-8-2-4-12(22)13-5-3-9-23(13)15(24)21-11-6-7-14(20-10-11)16(17,18)19/h2,4,6-8,10,13H,3,5,9H2,1H3,(H,21,24). The number of aryl methyl sites for hydroxylation is 1. The summed E-state index contributed by atoms with van der Waals surface area (Å²) in [5, 5.41) is 2.62. The van der Waals surface area contributed by atoms with E-state index in [1.807, 2.05) is 29.9 Å². The van der Waals surface area contributed by atoms with Gasteiger partial charge in [0.15, 0.2) is 0 Å². The Morgan fingerprint density at radius 1 is 1.33 bits per heavy atom. The van der Waals surface area contributed by atoms with E-state index in [0.29, 0.717) is 6.54 Å². The fraction of sp³-hybridized carbons (Fsp3) is 0.375. The zero-order chi connectivity index (χ0) is 17.3. The van der Waals surface area contributed by atoms with Crippen molar-refractivity contribution in [2.24, 2.45) is 7.05 Å². The minimum atomic E-state index is -4.49. The minimum absolute atomic E-state index is 0.0348. The van der Waals surface area contributed by atoms with Crippen LogP contribution in [0.2, 0.25) is 0 Å². The number of urea groups is 1. The molecule has 3 heterocycles. The van der Waals surface area contributed by atoms with Crippen LogP contribution in [0.5, 0.6) is 0 Å². The average Bonchev–Trinajstić information content (AvgIpc) is 3.15. The van der Waals surface area contributed by atoms with E-state index in [9.17, 15) is 18.0 Å². The van der Waals surface area contributed by atoms with Crippen molar-refractivity contribution in [3.8, 4) is 0 Å². The molecule has 2 aromatic heterocycles. The highest BCUT2D eigenvalue weighted by Crippen LogP contribution is 2.32. The van der Waals surface area contributed by atoms with E-state index in [0.717, 1.165) is 30.8 Å². The SMILES string of the molecule is Cn1cccc1C1CCCN1C(=O)Nc1ccc(C(F)(F)F)nc1. The number of alkyl halides is 3. The van der Waals surface area contributed by atoms with Crippen molar-refractivity contribution in [1.29, 1.82) is 0 Å². The van der Waals surface area contributed by atoms with Gasteiger partial charge in [0, 0.05) is 25.5 Å². The zero-order valence-corrected chi connectivity index (χ0v) is 13.0. The molecule has 24 heavy (non-hydrogen) atoms. The van der Waals surface area contributed by atoms with E-state index >= 15 is 0 Å². The molecule has 1 saturated heterocycles. The lowest BCUT2D eigenvalue weighted by atomic mass is 10.1. The third kappa shape index (κ3) is 3.22. The summed E-state index contributed by atoms with van der Waals surface area (Å²) in [7, 11) is 1.92. The Balaban J connectivity index is 1.71. The largest absolute Gasteiger partial charge is 0.433 e. The number of rotatable bonds is 2. The van der Waals surface area contributed by atoms with Gasteiger partial charge < -0.3 is 14.8 Å². The van der Waals surface area contributed by atoms with Gasteiger partial charge in [0.1, 0.15) is 5.69 Å². The number of halogens is 3. The molecule has 1 fully saturated rings. The van der Waals surface area contributed by atoms with Gasteiger partial charge >= 0.3 is 12.2 Å². The van der Waals surface area contributed by atoms with Gasteiger partial charge in [-0.25, -0.2) is 9.78 Å². The van der Waals surface area contributed by atoms with Crippen molar-refractivity contribution in [3.63, 3.8) is 0 Å². The Bertz CT molecular complexity index is 724. The molecule has 128 valence electrons. The van der Waals surface area contributed by atoms with Gasteiger partial charge in [-0.2, -0.15) is 13.2 Å². The van der Waals surface area contributed by atoms with Crippen LogP contribution in [-0.2, 0) is 13.2 Å². The highest BCUT2D eigenvalue weighted by atomic mass is 19.4. The molecule has 0 bridgehead atoms. The molecule has 2 amide bonds. The van der Waals surface area contributed by atoms with Crippen molar-refractivity contribution in [2.45, 2.75) is 25.1 Å². The number of anilines is 1. The summed E-state index contributed by atoms with van der Waals surface area (Å²) >= 11 is 0. The van der Waals surface area contributed by atoms with Gasteiger partial charge in [-0.05, 0) is 37.1 Å². The second kappa shape index (κ2) is 6.18. The predicted octanol–water partition coefficient (Wildman–Crippen LogP) is 3.81. The van der Waals surface area contributed by atoms with Crippen LogP contribution < -0.4 is 5.32 Å². The summed E-state index contributed by atoms with van der Waals surface area (Å²) in [6.45, 7) is 0.607. The fourth-order valence-corrected chi connectivity index (χ4v) is 2.97. The summed E-state index contributed by atoms with van der Waals surface area (Å²) in [6.07, 6.45) is 0.192. The van der Waals surface area contributed by atoms with Crippen LogP contribution in [0.4, 0.5) is 23.7 Å². The highest BCUT2D eigenvalue weighted by Gasteiger charge is 2.33. The van der Waals surface area contributed by atoms with E-state index < -0.39 is 11.9 Å². The number of pyridine rings is 1. The third-order valence-electron chi connectivity index (χ3n) is 4.14. The van der Waals surface area contributed by atoms with Crippen LogP contribution >= 0.6 is 0 Å². The Kier molecular flexibility index (Phi) is 4.21. The van der Waals surface area contributed by atoms with E-state index in [2.05, 4.69) is 10.3 Å². The summed E-state index contributed by atoms with van der Waals surface area (Å²) in [5.41, 5.74) is 0.294. The number of likely N-dealkylation sites (tertiary alicyclic amines) is 1. The first-order chi connectivity index (χ1) is 11.4. The smallest absolute Gasteiger partial charge is 0.353 e. The molecule has 2 aromatic rings. The lowest BCUT2D eigenvalue weighted by Crippen LogP contribution is -2.35. The first-order valence-corrected chi connectivity index (χ1v) is 7.58. The first kappa shape index (κ1) is 16.4. The van der Waals surface area contributed by atoms with Crippen molar-refractivity contribution in [2.75, 3.05) is 11.9 Å². The number of carbonyl (C=O) groups is 1. The van der Waals surface area contributed by atoms with E-state index in [1.165, 1.54) is 6.07 Å². The van der Waals surface area contributed by atoms with E-state index in [4.69, 9.17) is 0 Å². The Morgan fingerprint density at radius 3 is 2.71 bits per heavy atom. The highest BCUT2D eigenvalue weighted by molar-refractivity contribution is 5.89. The minimum Gasteiger partial charge on any atom is -0.353 e. The Labute approximate surface area is 137 Å². The lowest BCUT2D eigenvalue weighted by Gasteiger charge is -2.25. The summed E-state index contributed by atoms with van der Waals surface area (Å²) < 4.78 is 39.5. The molecule has 1 aliphatic heterocycles. The molecule has 1 aliphatic rings. The van der Waals surface area contributed by atoms with Crippen LogP contribution in [0.3, 0.4) is 0 Å². The average molecular weight is 338 g/mol. The molecular weight excluding hydrogens is 321 g/mol. The number of carbonyl (C=O) groups excluding carboxylic acids is 1. The van der Waals surface area contributed by atoms with Crippen LogP contribution in [0.15, 0.2) is 36.7 Å². The van der Waals surface area contributed by atoms with Crippen molar-refractivity contribution in [1.82, 2.24) is 14.5 Å². The molecule has 1 atom stereocenters. The van der Waals surface area contributed by atoms with Gasteiger partial charge in [-0.1, -0.05) is 0 Å². The summed E-state index contributed by atoms with van der Waals surface area (Å²) in [6, 6.07) is 5.59. The quantitative estimate of drug-likeness (QED) is 0.905. The number of hydrogen-bond donors (Lipinski definition) is 1. The normalized spacial score (nSPS) is 18.0. The molecule has 0 aromatic carbocycles. The molecule has 0 spiro atoms. The molecule has 1 N–H and O–H groups in total. The monoisotopic (exact) mass is 338 g/mol.